The molecule has 1 atom stereocenters. The van der Waals surface area contributed by atoms with E-state index in [4.69, 9.17) is 14.2 Å². The minimum absolute atomic E-state index is 0.406. The van der Waals surface area contributed by atoms with Gasteiger partial charge in [-0.1, -0.05) is 6.07 Å². The van der Waals surface area contributed by atoms with Crippen molar-refractivity contribution in [2.45, 2.75) is 18.9 Å². The SMILES string of the molecule is CNC(CCOC)Cc1ccc(OC)c(OC)c1. The lowest BCUT2D eigenvalue weighted by atomic mass is 10.0. The Balaban J connectivity index is 2.71. The average Bonchev–Trinajstić information content (AvgIpc) is 2.43. The van der Waals surface area contributed by atoms with Gasteiger partial charge in [0.25, 0.3) is 0 Å². The third-order valence-electron chi connectivity index (χ3n) is 3.01. The summed E-state index contributed by atoms with van der Waals surface area (Å²) >= 11 is 0. The molecule has 1 aromatic carbocycles. The summed E-state index contributed by atoms with van der Waals surface area (Å²) in [7, 11) is 7.00. The van der Waals surface area contributed by atoms with Gasteiger partial charge in [0.05, 0.1) is 14.2 Å². The van der Waals surface area contributed by atoms with Crippen LogP contribution in [-0.2, 0) is 11.2 Å². The van der Waals surface area contributed by atoms with Crippen LogP contribution in [0.15, 0.2) is 18.2 Å². The monoisotopic (exact) mass is 253 g/mol. The van der Waals surface area contributed by atoms with E-state index >= 15 is 0 Å². The summed E-state index contributed by atoms with van der Waals surface area (Å²) in [5.74, 6) is 1.54. The number of rotatable bonds is 8. The number of hydrogen-bond acceptors (Lipinski definition) is 4. The highest BCUT2D eigenvalue weighted by Gasteiger charge is 2.10. The first-order chi connectivity index (χ1) is 8.74. The largest absolute Gasteiger partial charge is 0.493 e. The molecule has 0 aromatic heterocycles. The summed E-state index contributed by atoms with van der Waals surface area (Å²) in [5.41, 5.74) is 1.23. The Bertz CT molecular complexity index is 355. The molecule has 0 bridgehead atoms. The molecule has 0 radical (unpaired) electrons. The first-order valence-electron chi connectivity index (χ1n) is 6.12. The lowest BCUT2D eigenvalue weighted by molar-refractivity contribution is 0.184. The standard InChI is InChI=1S/C14H23NO3/c1-15-12(7-8-16-2)9-11-5-6-13(17-3)14(10-11)18-4/h5-6,10,12,15H,7-9H2,1-4H3. The van der Waals surface area contributed by atoms with E-state index < -0.39 is 0 Å². The van der Waals surface area contributed by atoms with Gasteiger partial charge in [-0.05, 0) is 37.6 Å². The van der Waals surface area contributed by atoms with Gasteiger partial charge in [0.1, 0.15) is 0 Å². The second-order valence-corrected chi connectivity index (χ2v) is 4.16. The molecule has 18 heavy (non-hydrogen) atoms. The number of hydrogen-bond donors (Lipinski definition) is 1. The number of likely N-dealkylation sites (N-methyl/N-ethyl adjacent to an activating group) is 1. The second-order valence-electron chi connectivity index (χ2n) is 4.16. The zero-order chi connectivity index (χ0) is 13.4. The molecule has 0 spiro atoms. The van der Waals surface area contributed by atoms with Gasteiger partial charge in [0.2, 0.25) is 0 Å². The van der Waals surface area contributed by atoms with Crippen molar-refractivity contribution in [3.8, 4) is 11.5 Å². The molecular weight excluding hydrogens is 230 g/mol. The van der Waals surface area contributed by atoms with Crippen LogP contribution in [-0.4, -0.2) is 41.0 Å². The summed E-state index contributed by atoms with van der Waals surface area (Å²) < 4.78 is 15.6. The Morgan fingerprint density at radius 1 is 1.11 bits per heavy atom. The van der Waals surface area contributed by atoms with Gasteiger partial charge < -0.3 is 19.5 Å². The van der Waals surface area contributed by atoms with Crippen LogP contribution >= 0.6 is 0 Å². The smallest absolute Gasteiger partial charge is 0.160 e. The van der Waals surface area contributed by atoms with Gasteiger partial charge in [0, 0.05) is 19.8 Å². The lowest BCUT2D eigenvalue weighted by Crippen LogP contribution is -2.28. The number of nitrogens with one attached hydrogen (secondary N) is 1. The predicted molar refractivity (Wildman–Crippen MR) is 72.6 cm³/mol. The van der Waals surface area contributed by atoms with Crippen molar-refractivity contribution in [3.63, 3.8) is 0 Å². The van der Waals surface area contributed by atoms with E-state index in [-0.39, 0.29) is 0 Å². The van der Waals surface area contributed by atoms with E-state index in [9.17, 15) is 0 Å². The maximum atomic E-state index is 5.30. The predicted octanol–water partition coefficient (Wildman–Crippen LogP) is 1.87. The molecule has 0 amide bonds. The quantitative estimate of drug-likeness (QED) is 0.768. The lowest BCUT2D eigenvalue weighted by Gasteiger charge is -2.16. The van der Waals surface area contributed by atoms with Crippen molar-refractivity contribution in [3.05, 3.63) is 23.8 Å². The van der Waals surface area contributed by atoms with Gasteiger partial charge in [-0.2, -0.15) is 0 Å². The van der Waals surface area contributed by atoms with Gasteiger partial charge in [-0.25, -0.2) is 0 Å². The molecule has 0 aliphatic carbocycles. The minimum Gasteiger partial charge on any atom is -0.493 e. The molecule has 0 aliphatic rings. The molecular formula is C14H23NO3. The van der Waals surface area contributed by atoms with E-state index in [2.05, 4.69) is 11.4 Å². The van der Waals surface area contributed by atoms with Crippen molar-refractivity contribution in [2.24, 2.45) is 0 Å². The molecule has 0 fully saturated rings. The summed E-state index contributed by atoms with van der Waals surface area (Å²) in [6.07, 6.45) is 1.93. The zero-order valence-electron chi connectivity index (χ0n) is 11.7. The first-order valence-corrected chi connectivity index (χ1v) is 6.12. The molecule has 102 valence electrons. The molecule has 1 N–H and O–H groups in total. The molecule has 1 aromatic rings. The van der Waals surface area contributed by atoms with Crippen LogP contribution < -0.4 is 14.8 Å². The minimum atomic E-state index is 0.406. The van der Waals surface area contributed by atoms with Gasteiger partial charge >= 0.3 is 0 Å². The molecule has 0 aliphatic heterocycles. The van der Waals surface area contributed by atoms with Crippen molar-refractivity contribution in [1.29, 1.82) is 0 Å². The van der Waals surface area contributed by atoms with Crippen LogP contribution in [0.5, 0.6) is 11.5 Å². The van der Waals surface area contributed by atoms with Crippen LogP contribution in [0.4, 0.5) is 0 Å². The topological polar surface area (TPSA) is 39.7 Å². The van der Waals surface area contributed by atoms with Crippen LogP contribution in [0.3, 0.4) is 0 Å². The molecule has 4 heteroatoms. The van der Waals surface area contributed by atoms with E-state index in [0.29, 0.717) is 6.04 Å². The van der Waals surface area contributed by atoms with Gasteiger partial charge in [0.15, 0.2) is 11.5 Å². The fourth-order valence-corrected chi connectivity index (χ4v) is 1.90. The maximum absolute atomic E-state index is 5.30. The number of methoxy groups -OCH3 is 3. The third-order valence-corrected chi connectivity index (χ3v) is 3.01. The van der Waals surface area contributed by atoms with Gasteiger partial charge in [-0.3, -0.25) is 0 Å². The van der Waals surface area contributed by atoms with E-state index in [1.807, 2.05) is 19.2 Å². The summed E-state index contributed by atoms with van der Waals surface area (Å²) in [5, 5.41) is 3.30. The average molecular weight is 253 g/mol. The Morgan fingerprint density at radius 3 is 2.39 bits per heavy atom. The number of benzene rings is 1. The normalized spacial score (nSPS) is 12.2. The highest BCUT2D eigenvalue weighted by Crippen LogP contribution is 2.28. The Hall–Kier alpha value is -1.26. The Labute approximate surface area is 109 Å². The molecule has 1 rings (SSSR count). The fraction of sp³-hybridized carbons (Fsp3) is 0.571. The zero-order valence-corrected chi connectivity index (χ0v) is 11.7. The highest BCUT2D eigenvalue weighted by molar-refractivity contribution is 5.43. The summed E-state index contributed by atoms with van der Waals surface area (Å²) in [4.78, 5) is 0. The van der Waals surface area contributed by atoms with Crippen LogP contribution in [0.2, 0.25) is 0 Å². The van der Waals surface area contributed by atoms with Crippen molar-refractivity contribution in [1.82, 2.24) is 5.32 Å². The summed E-state index contributed by atoms with van der Waals surface area (Å²) in [6, 6.07) is 6.44. The van der Waals surface area contributed by atoms with Gasteiger partial charge in [-0.15, -0.1) is 0 Å². The highest BCUT2D eigenvalue weighted by atomic mass is 16.5. The molecule has 4 nitrogen and oxygen atoms in total. The Morgan fingerprint density at radius 2 is 1.83 bits per heavy atom. The molecule has 0 heterocycles. The van der Waals surface area contributed by atoms with Crippen molar-refractivity contribution in [2.75, 3.05) is 35.0 Å². The van der Waals surface area contributed by atoms with Crippen molar-refractivity contribution < 1.29 is 14.2 Å². The van der Waals surface area contributed by atoms with E-state index in [0.717, 1.165) is 30.9 Å². The molecule has 0 saturated carbocycles. The van der Waals surface area contributed by atoms with Crippen LogP contribution in [0.25, 0.3) is 0 Å². The van der Waals surface area contributed by atoms with Crippen LogP contribution in [0, 0.1) is 0 Å². The molecule has 0 saturated heterocycles. The second kappa shape index (κ2) is 7.95. The summed E-state index contributed by atoms with van der Waals surface area (Å²) in [6.45, 7) is 0.763. The van der Waals surface area contributed by atoms with E-state index in [1.54, 1.807) is 21.3 Å². The Kier molecular flexibility index (Phi) is 6.54. The van der Waals surface area contributed by atoms with E-state index in [1.165, 1.54) is 5.56 Å². The first kappa shape index (κ1) is 14.8. The maximum Gasteiger partial charge on any atom is 0.160 e. The third kappa shape index (κ3) is 4.20. The van der Waals surface area contributed by atoms with Crippen LogP contribution in [0.1, 0.15) is 12.0 Å². The molecule has 1 unspecified atom stereocenters. The fourth-order valence-electron chi connectivity index (χ4n) is 1.90. The van der Waals surface area contributed by atoms with Crippen molar-refractivity contribution >= 4 is 0 Å². The number of ether oxygens (including phenoxy) is 3.